The Bertz CT molecular complexity index is 147. The van der Waals surface area contributed by atoms with E-state index in [0.717, 1.165) is 0 Å². The fourth-order valence-corrected chi connectivity index (χ4v) is 1.43. The molecule has 0 spiro atoms. The number of hydrogen-bond donors (Lipinski definition) is 0. The average molecular weight is 170 g/mol. The van der Waals surface area contributed by atoms with Crippen molar-refractivity contribution in [3.05, 3.63) is 24.1 Å². The van der Waals surface area contributed by atoms with Gasteiger partial charge in [0, 0.05) is 4.75 Å². The Hall–Kier alpha value is -0.170. The highest BCUT2D eigenvalue weighted by Gasteiger charge is 2.23. The fourth-order valence-electron chi connectivity index (χ4n) is 0.635. The van der Waals surface area contributed by atoms with Gasteiger partial charge in [-0.2, -0.15) is 0 Å². The summed E-state index contributed by atoms with van der Waals surface area (Å²) in [5.41, 5.74) is 0. The van der Waals surface area contributed by atoms with E-state index in [1.54, 1.807) is 0 Å². The molecular formula is C10H18S. The summed E-state index contributed by atoms with van der Waals surface area (Å²) < 4.78 is 0.187. The summed E-state index contributed by atoms with van der Waals surface area (Å²) in [4.78, 5) is 0. The Balaban J connectivity index is 4.21. The normalized spacial score (nSPS) is 17.2. The smallest absolute Gasteiger partial charge is 0.0372 e. The van der Waals surface area contributed by atoms with E-state index in [-0.39, 0.29) is 4.75 Å². The topological polar surface area (TPSA) is 0 Å². The van der Waals surface area contributed by atoms with E-state index in [1.807, 2.05) is 24.8 Å². The van der Waals surface area contributed by atoms with Gasteiger partial charge in [0.25, 0.3) is 0 Å². The zero-order valence-corrected chi connectivity index (χ0v) is 8.74. The molecule has 0 heterocycles. The van der Waals surface area contributed by atoms with E-state index < -0.39 is 0 Å². The van der Waals surface area contributed by atoms with E-state index in [9.17, 15) is 0 Å². The van der Waals surface area contributed by atoms with Crippen molar-refractivity contribution < 1.29 is 0 Å². The van der Waals surface area contributed by atoms with Crippen LogP contribution in [0.15, 0.2) is 24.1 Å². The Morgan fingerprint density at radius 1 is 1.45 bits per heavy atom. The van der Waals surface area contributed by atoms with Gasteiger partial charge in [-0.3, -0.25) is 0 Å². The van der Waals surface area contributed by atoms with Crippen LogP contribution in [0.4, 0.5) is 0 Å². The largest absolute Gasteiger partial charge is 0.123 e. The molecule has 0 N–H and O–H groups in total. The number of thioether (sulfide) groups is 1. The Morgan fingerprint density at radius 2 is 2.00 bits per heavy atom. The zero-order valence-electron chi connectivity index (χ0n) is 7.92. The van der Waals surface area contributed by atoms with Gasteiger partial charge in [0.2, 0.25) is 0 Å². The predicted octanol–water partition coefficient (Wildman–Crippen LogP) is 3.85. The Morgan fingerprint density at radius 3 is 2.27 bits per heavy atom. The standard InChI is InChI=1S/C10H18S/c1-6-8-11-10(5,7-2)9(3)4/h6-9H,2H2,1,3-5H3/b8-6-. The van der Waals surface area contributed by atoms with Gasteiger partial charge in [-0.25, -0.2) is 0 Å². The Labute approximate surface area is 74.8 Å². The molecule has 0 aromatic rings. The average Bonchev–Trinajstić information content (AvgIpc) is 2.00. The van der Waals surface area contributed by atoms with Crippen LogP contribution in [-0.2, 0) is 0 Å². The van der Waals surface area contributed by atoms with E-state index in [4.69, 9.17) is 0 Å². The second-order valence-electron chi connectivity index (χ2n) is 3.13. The van der Waals surface area contributed by atoms with Crippen molar-refractivity contribution in [1.29, 1.82) is 0 Å². The minimum Gasteiger partial charge on any atom is -0.123 e. The van der Waals surface area contributed by atoms with Gasteiger partial charge >= 0.3 is 0 Å². The molecule has 0 amide bonds. The van der Waals surface area contributed by atoms with Crippen molar-refractivity contribution in [3.63, 3.8) is 0 Å². The third kappa shape index (κ3) is 3.15. The lowest BCUT2D eigenvalue weighted by molar-refractivity contribution is 0.550. The molecule has 0 aliphatic heterocycles. The fraction of sp³-hybridized carbons (Fsp3) is 0.600. The lowest BCUT2D eigenvalue weighted by Crippen LogP contribution is -2.23. The maximum Gasteiger partial charge on any atom is 0.0372 e. The monoisotopic (exact) mass is 170 g/mol. The zero-order chi connectivity index (χ0) is 8.91. The minimum atomic E-state index is 0.187. The maximum absolute atomic E-state index is 3.85. The van der Waals surface area contributed by atoms with E-state index in [0.29, 0.717) is 5.92 Å². The predicted molar refractivity (Wildman–Crippen MR) is 55.8 cm³/mol. The first kappa shape index (κ1) is 10.8. The molecule has 0 bridgehead atoms. The van der Waals surface area contributed by atoms with E-state index in [1.165, 1.54) is 0 Å². The van der Waals surface area contributed by atoms with Crippen molar-refractivity contribution in [3.8, 4) is 0 Å². The molecule has 0 aliphatic rings. The molecule has 0 nitrogen and oxygen atoms in total. The molecule has 1 atom stereocenters. The molecule has 1 heteroatoms. The van der Waals surface area contributed by atoms with Gasteiger partial charge < -0.3 is 0 Å². The van der Waals surface area contributed by atoms with Crippen molar-refractivity contribution in [2.24, 2.45) is 5.92 Å². The van der Waals surface area contributed by atoms with Crippen LogP contribution < -0.4 is 0 Å². The quantitative estimate of drug-likeness (QED) is 0.577. The highest BCUT2D eigenvalue weighted by Crippen LogP contribution is 2.34. The van der Waals surface area contributed by atoms with Crippen molar-refractivity contribution in [2.45, 2.75) is 32.4 Å². The first-order valence-electron chi connectivity index (χ1n) is 3.99. The third-order valence-corrected chi connectivity index (χ3v) is 3.56. The molecule has 64 valence electrons. The first-order chi connectivity index (χ1) is 5.06. The SMILES string of the molecule is C=CC(C)(S/C=C\C)C(C)C. The van der Waals surface area contributed by atoms with Crippen LogP contribution in [-0.4, -0.2) is 4.75 Å². The minimum absolute atomic E-state index is 0.187. The lowest BCUT2D eigenvalue weighted by atomic mass is 9.97. The number of hydrogen-bond acceptors (Lipinski definition) is 1. The molecule has 11 heavy (non-hydrogen) atoms. The van der Waals surface area contributed by atoms with Crippen LogP contribution in [0.5, 0.6) is 0 Å². The summed E-state index contributed by atoms with van der Waals surface area (Å²) in [6.07, 6.45) is 4.09. The van der Waals surface area contributed by atoms with Crippen molar-refractivity contribution >= 4 is 11.8 Å². The summed E-state index contributed by atoms with van der Waals surface area (Å²) in [7, 11) is 0. The summed E-state index contributed by atoms with van der Waals surface area (Å²) in [5, 5.41) is 2.13. The van der Waals surface area contributed by atoms with Crippen LogP contribution in [0.25, 0.3) is 0 Å². The van der Waals surface area contributed by atoms with Crippen molar-refractivity contribution in [2.75, 3.05) is 0 Å². The molecule has 0 saturated heterocycles. The summed E-state index contributed by atoms with van der Waals surface area (Å²) in [6.45, 7) is 12.5. The van der Waals surface area contributed by atoms with Gasteiger partial charge in [-0.05, 0) is 25.2 Å². The molecule has 1 unspecified atom stereocenters. The van der Waals surface area contributed by atoms with Gasteiger partial charge in [0.05, 0.1) is 0 Å². The molecule has 0 rings (SSSR count). The Kier molecular flexibility index (Phi) is 4.58. The molecule has 0 aromatic heterocycles. The molecule has 0 fully saturated rings. The highest BCUT2D eigenvalue weighted by atomic mass is 32.2. The highest BCUT2D eigenvalue weighted by molar-refractivity contribution is 8.03. The molecule has 0 saturated carbocycles. The second-order valence-corrected chi connectivity index (χ2v) is 4.52. The van der Waals surface area contributed by atoms with E-state index >= 15 is 0 Å². The number of allylic oxidation sites excluding steroid dienone is 1. The van der Waals surface area contributed by atoms with Crippen LogP contribution in [0.2, 0.25) is 0 Å². The van der Waals surface area contributed by atoms with Crippen LogP contribution >= 0.6 is 11.8 Å². The first-order valence-corrected chi connectivity index (χ1v) is 4.87. The van der Waals surface area contributed by atoms with Crippen molar-refractivity contribution in [1.82, 2.24) is 0 Å². The number of rotatable bonds is 4. The van der Waals surface area contributed by atoms with Crippen LogP contribution in [0.3, 0.4) is 0 Å². The van der Waals surface area contributed by atoms with Gasteiger partial charge in [-0.15, -0.1) is 18.3 Å². The van der Waals surface area contributed by atoms with E-state index in [2.05, 4.69) is 38.8 Å². The molecule has 0 aliphatic carbocycles. The summed E-state index contributed by atoms with van der Waals surface area (Å²) >= 11 is 1.83. The summed E-state index contributed by atoms with van der Waals surface area (Å²) in [6, 6.07) is 0. The lowest BCUT2D eigenvalue weighted by Gasteiger charge is -2.27. The van der Waals surface area contributed by atoms with Gasteiger partial charge in [0.1, 0.15) is 0 Å². The van der Waals surface area contributed by atoms with Gasteiger partial charge in [0.15, 0.2) is 0 Å². The van der Waals surface area contributed by atoms with Gasteiger partial charge in [-0.1, -0.05) is 26.0 Å². The molecule has 0 aromatic carbocycles. The van der Waals surface area contributed by atoms with Crippen LogP contribution in [0, 0.1) is 5.92 Å². The molecular weight excluding hydrogens is 152 g/mol. The van der Waals surface area contributed by atoms with Crippen LogP contribution in [0.1, 0.15) is 27.7 Å². The molecule has 0 radical (unpaired) electrons. The maximum atomic E-state index is 3.85. The summed E-state index contributed by atoms with van der Waals surface area (Å²) in [5.74, 6) is 0.626. The third-order valence-electron chi connectivity index (χ3n) is 2.01. The second kappa shape index (κ2) is 4.66.